The van der Waals surface area contributed by atoms with Crippen LogP contribution in [0.25, 0.3) is 10.8 Å². The van der Waals surface area contributed by atoms with E-state index in [1.54, 1.807) is 0 Å². The number of piperazine rings is 1. The Labute approximate surface area is 213 Å². The standard InChI is InChI=1S/C28H35N7O/c1-20-6-4-7-21-8-5-9-25(26(20)21)34-14-11-23-24(19-34)31-28(36-17-16-33(2)3)32-27(23)35-15-13-30-22(18-35)10-12-29/h4-9,22,30H,10-11,13-19H2,1-3H3/t22-/m0/s1. The summed E-state index contributed by atoms with van der Waals surface area (Å²) in [5, 5.41) is 15.3. The maximum atomic E-state index is 9.22. The first-order chi connectivity index (χ1) is 17.5. The Morgan fingerprint density at radius 3 is 2.78 bits per heavy atom. The van der Waals surface area contributed by atoms with Gasteiger partial charge in [-0.15, -0.1) is 0 Å². The van der Waals surface area contributed by atoms with Gasteiger partial charge < -0.3 is 24.8 Å². The molecule has 1 atom stereocenters. The van der Waals surface area contributed by atoms with Crippen molar-refractivity contribution in [3.05, 3.63) is 53.2 Å². The molecule has 3 aromatic rings. The lowest BCUT2D eigenvalue weighted by Gasteiger charge is -2.37. The lowest BCUT2D eigenvalue weighted by atomic mass is 9.99. The van der Waals surface area contributed by atoms with Gasteiger partial charge in [-0.25, -0.2) is 0 Å². The van der Waals surface area contributed by atoms with Gasteiger partial charge in [0.1, 0.15) is 12.4 Å². The van der Waals surface area contributed by atoms with E-state index in [0.29, 0.717) is 19.0 Å². The first kappa shape index (κ1) is 24.3. The van der Waals surface area contributed by atoms with Crippen molar-refractivity contribution in [2.45, 2.75) is 32.4 Å². The highest BCUT2D eigenvalue weighted by molar-refractivity contribution is 5.97. The summed E-state index contributed by atoms with van der Waals surface area (Å²) in [5.74, 6) is 0.970. The second-order valence-electron chi connectivity index (χ2n) is 9.99. The summed E-state index contributed by atoms with van der Waals surface area (Å²) in [7, 11) is 4.06. The van der Waals surface area contributed by atoms with Crippen LogP contribution in [0, 0.1) is 18.3 Å². The molecule has 3 heterocycles. The Hall–Kier alpha value is -3.41. The molecule has 0 unspecified atom stereocenters. The predicted molar refractivity (Wildman–Crippen MR) is 144 cm³/mol. The highest BCUT2D eigenvalue weighted by atomic mass is 16.5. The topological polar surface area (TPSA) is 80.6 Å². The second kappa shape index (κ2) is 10.7. The number of nitrogens with one attached hydrogen (secondary N) is 1. The van der Waals surface area contributed by atoms with Crippen molar-refractivity contribution in [3.63, 3.8) is 0 Å². The van der Waals surface area contributed by atoms with E-state index in [1.165, 1.54) is 27.6 Å². The predicted octanol–water partition coefficient (Wildman–Crippen LogP) is 3.13. The number of hydrogen-bond acceptors (Lipinski definition) is 8. The molecule has 0 radical (unpaired) electrons. The third kappa shape index (κ3) is 5.08. The number of anilines is 2. The van der Waals surface area contributed by atoms with E-state index >= 15 is 0 Å². The number of aromatic nitrogens is 2. The smallest absolute Gasteiger partial charge is 0.318 e. The Balaban J connectivity index is 1.49. The van der Waals surface area contributed by atoms with Crippen LogP contribution in [-0.2, 0) is 13.0 Å². The van der Waals surface area contributed by atoms with E-state index in [9.17, 15) is 5.26 Å². The maximum Gasteiger partial charge on any atom is 0.318 e. The fourth-order valence-corrected chi connectivity index (χ4v) is 5.27. The van der Waals surface area contributed by atoms with E-state index in [0.717, 1.165) is 57.2 Å². The summed E-state index contributed by atoms with van der Waals surface area (Å²) in [4.78, 5) is 16.7. The molecule has 0 bridgehead atoms. The summed E-state index contributed by atoms with van der Waals surface area (Å²) in [6.07, 6.45) is 1.36. The van der Waals surface area contributed by atoms with Crippen LogP contribution in [0.2, 0.25) is 0 Å². The van der Waals surface area contributed by atoms with E-state index < -0.39 is 0 Å². The van der Waals surface area contributed by atoms with Crippen LogP contribution >= 0.6 is 0 Å². The van der Waals surface area contributed by atoms with Crippen molar-refractivity contribution < 1.29 is 4.74 Å². The van der Waals surface area contributed by atoms with Gasteiger partial charge in [0.15, 0.2) is 0 Å². The molecule has 8 nitrogen and oxygen atoms in total. The SMILES string of the molecule is Cc1cccc2cccc(N3CCc4c(nc(OCCN(C)C)nc4N4CCN[C@@H](CC#N)C4)C3)c12. The molecule has 1 fully saturated rings. The van der Waals surface area contributed by atoms with Crippen LogP contribution in [0.15, 0.2) is 36.4 Å². The summed E-state index contributed by atoms with van der Waals surface area (Å²) in [5.41, 5.74) is 4.78. The van der Waals surface area contributed by atoms with Gasteiger partial charge >= 0.3 is 6.01 Å². The number of hydrogen-bond donors (Lipinski definition) is 1. The van der Waals surface area contributed by atoms with Gasteiger partial charge in [0.05, 0.1) is 24.7 Å². The van der Waals surface area contributed by atoms with Gasteiger partial charge in [0.25, 0.3) is 0 Å². The van der Waals surface area contributed by atoms with E-state index in [-0.39, 0.29) is 6.04 Å². The quantitative estimate of drug-likeness (QED) is 0.547. The number of ether oxygens (including phenoxy) is 1. The number of nitriles is 1. The van der Waals surface area contributed by atoms with Crippen LogP contribution < -0.4 is 19.9 Å². The summed E-state index contributed by atoms with van der Waals surface area (Å²) in [6.45, 7) is 7.60. The van der Waals surface area contributed by atoms with E-state index in [1.807, 2.05) is 14.1 Å². The first-order valence-corrected chi connectivity index (χ1v) is 12.8. The van der Waals surface area contributed by atoms with Crippen LogP contribution in [0.3, 0.4) is 0 Å². The second-order valence-corrected chi connectivity index (χ2v) is 9.99. The van der Waals surface area contributed by atoms with Crippen molar-refractivity contribution in [2.75, 3.05) is 63.2 Å². The van der Waals surface area contributed by atoms with Gasteiger partial charge in [0.2, 0.25) is 0 Å². The van der Waals surface area contributed by atoms with Crippen molar-refractivity contribution in [1.29, 1.82) is 5.26 Å². The Kier molecular flexibility index (Phi) is 7.21. The zero-order valence-electron chi connectivity index (χ0n) is 21.5. The van der Waals surface area contributed by atoms with Crippen LogP contribution in [-0.4, -0.2) is 74.3 Å². The lowest BCUT2D eigenvalue weighted by Crippen LogP contribution is -2.51. The Bertz CT molecular complexity index is 1260. The molecular weight excluding hydrogens is 450 g/mol. The summed E-state index contributed by atoms with van der Waals surface area (Å²) >= 11 is 0. The number of aryl methyl sites for hydroxylation is 1. The minimum absolute atomic E-state index is 0.145. The van der Waals surface area contributed by atoms with Crippen molar-refractivity contribution >= 4 is 22.3 Å². The average molecular weight is 486 g/mol. The number of fused-ring (bicyclic) bond motifs is 2. The van der Waals surface area contributed by atoms with Gasteiger partial charge in [0, 0.05) is 55.4 Å². The molecule has 0 spiro atoms. The van der Waals surface area contributed by atoms with Crippen LogP contribution in [0.4, 0.5) is 11.5 Å². The molecule has 1 N–H and O–H groups in total. The third-order valence-electron chi connectivity index (χ3n) is 7.12. The minimum atomic E-state index is 0.145. The average Bonchev–Trinajstić information content (AvgIpc) is 2.88. The molecule has 188 valence electrons. The zero-order valence-corrected chi connectivity index (χ0v) is 21.5. The van der Waals surface area contributed by atoms with Crippen molar-refractivity contribution in [3.8, 4) is 12.1 Å². The molecule has 36 heavy (non-hydrogen) atoms. The molecule has 0 saturated carbocycles. The first-order valence-electron chi connectivity index (χ1n) is 12.8. The fraction of sp³-hybridized carbons (Fsp3) is 0.464. The highest BCUT2D eigenvalue weighted by Crippen LogP contribution is 2.35. The third-order valence-corrected chi connectivity index (χ3v) is 7.12. The molecule has 5 rings (SSSR count). The Morgan fingerprint density at radius 1 is 1.14 bits per heavy atom. The van der Waals surface area contributed by atoms with Gasteiger partial charge in [-0.05, 0) is 44.5 Å². The van der Waals surface area contributed by atoms with Gasteiger partial charge in [-0.1, -0.05) is 30.3 Å². The molecule has 2 aromatic carbocycles. The molecule has 8 heteroatoms. The number of benzene rings is 2. The molecule has 1 aromatic heterocycles. The number of rotatable bonds is 7. The molecular formula is C28H35N7O. The summed E-state index contributed by atoms with van der Waals surface area (Å²) in [6, 6.07) is 15.9. The van der Waals surface area contributed by atoms with Gasteiger partial charge in [-0.2, -0.15) is 15.2 Å². The molecule has 0 amide bonds. The fourth-order valence-electron chi connectivity index (χ4n) is 5.27. The minimum Gasteiger partial charge on any atom is -0.462 e. The number of likely N-dealkylation sites (N-methyl/N-ethyl adjacent to an activating group) is 1. The monoisotopic (exact) mass is 485 g/mol. The van der Waals surface area contributed by atoms with E-state index in [2.05, 4.69) is 69.4 Å². The number of nitrogens with zero attached hydrogens (tertiary/aromatic N) is 6. The van der Waals surface area contributed by atoms with Gasteiger partial charge in [-0.3, -0.25) is 0 Å². The van der Waals surface area contributed by atoms with E-state index in [4.69, 9.17) is 14.7 Å². The lowest BCUT2D eigenvalue weighted by molar-refractivity contribution is 0.244. The van der Waals surface area contributed by atoms with Crippen molar-refractivity contribution in [1.82, 2.24) is 20.2 Å². The molecule has 0 aliphatic carbocycles. The maximum absolute atomic E-state index is 9.22. The van der Waals surface area contributed by atoms with Crippen molar-refractivity contribution in [2.24, 2.45) is 0 Å². The highest BCUT2D eigenvalue weighted by Gasteiger charge is 2.29. The Morgan fingerprint density at radius 2 is 1.97 bits per heavy atom. The molecule has 2 aliphatic heterocycles. The normalized spacial score (nSPS) is 17.8. The van der Waals surface area contributed by atoms with Crippen LogP contribution in [0.5, 0.6) is 6.01 Å². The summed E-state index contributed by atoms with van der Waals surface area (Å²) < 4.78 is 6.04. The van der Waals surface area contributed by atoms with Crippen LogP contribution in [0.1, 0.15) is 23.2 Å². The largest absolute Gasteiger partial charge is 0.462 e. The molecule has 2 aliphatic rings. The zero-order chi connectivity index (χ0) is 25.1. The molecule has 1 saturated heterocycles.